The maximum Gasteiger partial charge on any atom is 0.317 e. The van der Waals surface area contributed by atoms with Gasteiger partial charge in [0.2, 0.25) is 5.03 Å². The molecule has 0 aromatic carbocycles. The van der Waals surface area contributed by atoms with E-state index in [4.69, 9.17) is 10.7 Å². The van der Waals surface area contributed by atoms with Crippen molar-refractivity contribution in [2.45, 2.75) is 11.5 Å². The molecule has 0 N–H and O–H groups in total. The molecule has 0 aliphatic rings. The highest BCUT2D eigenvalue weighted by Gasteiger charge is 2.35. The summed E-state index contributed by atoms with van der Waals surface area (Å²) in [7, 11) is 0.296. The summed E-state index contributed by atoms with van der Waals surface area (Å²) >= 11 is 2.63. The normalized spacial score (nSPS) is 11.8. The Balaban J connectivity index is 3.78. The van der Waals surface area contributed by atoms with Crippen LogP contribution in [0.1, 0.15) is 12.0 Å². The lowest BCUT2D eigenvalue weighted by atomic mass is 10.2. The van der Waals surface area contributed by atoms with Gasteiger partial charge in [-0.05, 0) is 15.9 Å². The number of hydrogen-bond acceptors (Lipinski definition) is 5. The van der Waals surface area contributed by atoms with E-state index in [1.54, 1.807) is 0 Å². The first-order chi connectivity index (χ1) is 7.66. The number of pyridine rings is 1. The summed E-state index contributed by atoms with van der Waals surface area (Å²) in [6.07, 6.45) is -2.53. The number of aromatic nitrogens is 1. The van der Waals surface area contributed by atoms with Crippen LogP contribution in [-0.2, 0) is 9.05 Å². The maximum atomic E-state index is 12.6. The summed E-state index contributed by atoms with van der Waals surface area (Å²) in [5.41, 5.74) is -2.41. The van der Waals surface area contributed by atoms with E-state index in [9.17, 15) is 27.3 Å². The SMILES string of the molecule is O=[N+]([O-])c1c(S(=O)(=O)Cl)ncc(Br)c1C(F)F. The van der Waals surface area contributed by atoms with Gasteiger partial charge in [0.1, 0.15) is 5.56 Å². The van der Waals surface area contributed by atoms with Crippen LogP contribution in [0.25, 0.3) is 0 Å². The Morgan fingerprint density at radius 3 is 2.41 bits per heavy atom. The first-order valence-electron chi connectivity index (χ1n) is 3.72. The average molecular weight is 352 g/mol. The van der Waals surface area contributed by atoms with Gasteiger partial charge >= 0.3 is 5.69 Å². The fourth-order valence-corrected chi connectivity index (χ4v) is 2.43. The van der Waals surface area contributed by atoms with Gasteiger partial charge in [-0.2, -0.15) is 0 Å². The molecule has 17 heavy (non-hydrogen) atoms. The highest BCUT2D eigenvalue weighted by atomic mass is 79.9. The van der Waals surface area contributed by atoms with Gasteiger partial charge in [0.15, 0.2) is 0 Å². The predicted octanol–water partition coefficient (Wildman–Crippen LogP) is 2.62. The largest absolute Gasteiger partial charge is 0.317 e. The fraction of sp³-hybridized carbons (Fsp3) is 0.167. The molecule has 0 aliphatic heterocycles. The molecule has 0 bridgehead atoms. The van der Waals surface area contributed by atoms with Crippen LogP contribution in [0, 0.1) is 10.1 Å². The lowest BCUT2D eigenvalue weighted by Crippen LogP contribution is -2.06. The summed E-state index contributed by atoms with van der Waals surface area (Å²) < 4.78 is 46.8. The Kier molecular flexibility index (Phi) is 3.99. The molecule has 1 aromatic heterocycles. The van der Waals surface area contributed by atoms with Crippen LogP contribution in [0.5, 0.6) is 0 Å². The van der Waals surface area contributed by atoms with Gasteiger partial charge < -0.3 is 0 Å². The molecule has 0 radical (unpaired) electrons. The van der Waals surface area contributed by atoms with E-state index in [1.807, 2.05) is 0 Å². The highest BCUT2D eigenvalue weighted by Crippen LogP contribution is 2.38. The van der Waals surface area contributed by atoms with Gasteiger partial charge in [0.25, 0.3) is 15.5 Å². The third-order valence-electron chi connectivity index (χ3n) is 1.64. The van der Waals surface area contributed by atoms with Crippen molar-refractivity contribution in [2.24, 2.45) is 0 Å². The molecule has 0 atom stereocenters. The molecule has 0 amide bonds. The molecule has 0 saturated carbocycles. The lowest BCUT2D eigenvalue weighted by Gasteiger charge is -2.06. The standard InChI is InChI=1S/C6H2BrClF2N2O4S/c7-2-1-11-6(17(8,15)16)4(12(13)14)3(2)5(9)10/h1,5H. The molecule has 0 spiro atoms. The van der Waals surface area contributed by atoms with Crippen LogP contribution < -0.4 is 0 Å². The van der Waals surface area contributed by atoms with Crippen LogP contribution in [0.2, 0.25) is 0 Å². The van der Waals surface area contributed by atoms with Crippen molar-refractivity contribution in [1.82, 2.24) is 4.98 Å². The van der Waals surface area contributed by atoms with Crippen molar-refractivity contribution < 1.29 is 22.1 Å². The second-order valence-electron chi connectivity index (χ2n) is 2.67. The summed E-state index contributed by atoms with van der Waals surface area (Å²) in [4.78, 5) is 12.5. The number of nitro groups is 1. The Morgan fingerprint density at radius 1 is 1.53 bits per heavy atom. The zero-order valence-corrected chi connectivity index (χ0v) is 10.8. The molecular weight excluding hydrogens is 349 g/mol. The fourth-order valence-electron chi connectivity index (χ4n) is 1.04. The predicted molar refractivity (Wildman–Crippen MR) is 56.6 cm³/mol. The smallest absolute Gasteiger partial charge is 0.258 e. The third-order valence-corrected chi connectivity index (χ3v) is 3.47. The topological polar surface area (TPSA) is 90.2 Å². The Labute approximate surface area is 106 Å². The molecule has 1 aromatic rings. The van der Waals surface area contributed by atoms with Crippen LogP contribution in [-0.4, -0.2) is 18.3 Å². The second-order valence-corrected chi connectivity index (χ2v) is 6.00. The lowest BCUT2D eigenvalue weighted by molar-refractivity contribution is -0.389. The van der Waals surface area contributed by atoms with Gasteiger partial charge in [-0.3, -0.25) is 10.1 Å². The number of alkyl halides is 2. The molecule has 94 valence electrons. The van der Waals surface area contributed by atoms with Crippen LogP contribution >= 0.6 is 26.6 Å². The minimum Gasteiger partial charge on any atom is -0.258 e. The van der Waals surface area contributed by atoms with E-state index in [0.717, 1.165) is 0 Å². The molecule has 11 heteroatoms. The minimum absolute atomic E-state index is 0.372. The number of rotatable bonds is 3. The van der Waals surface area contributed by atoms with E-state index in [2.05, 4.69) is 20.9 Å². The molecule has 6 nitrogen and oxygen atoms in total. The molecule has 0 fully saturated rings. The monoisotopic (exact) mass is 350 g/mol. The first-order valence-corrected chi connectivity index (χ1v) is 6.82. The number of hydrogen-bond donors (Lipinski definition) is 0. The van der Waals surface area contributed by atoms with Crippen molar-refractivity contribution in [3.63, 3.8) is 0 Å². The van der Waals surface area contributed by atoms with Crippen LogP contribution in [0.4, 0.5) is 14.5 Å². The summed E-state index contributed by atoms with van der Waals surface area (Å²) in [6, 6.07) is 0. The quantitative estimate of drug-likeness (QED) is 0.474. The van der Waals surface area contributed by atoms with Crippen molar-refractivity contribution in [2.75, 3.05) is 0 Å². The van der Waals surface area contributed by atoms with Gasteiger partial charge in [-0.1, -0.05) is 0 Å². The highest BCUT2D eigenvalue weighted by molar-refractivity contribution is 9.10. The first kappa shape index (κ1) is 14.2. The maximum absolute atomic E-state index is 12.6. The molecule has 1 heterocycles. The van der Waals surface area contributed by atoms with Crippen LogP contribution in [0.3, 0.4) is 0 Å². The van der Waals surface area contributed by atoms with Crippen LogP contribution in [0.15, 0.2) is 15.7 Å². The van der Waals surface area contributed by atoms with Gasteiger partial charge in [0, 0.05) is 16.9 Å². The molecule has 1 rings (SSSR count). The van der Waals surface area contributed by atoms with E-state index in [-0.39, 0.29) is 4.47 Å². The van der Waals surface area contributed by atoms with E-state index < -0.39 is 36.7 Å². The van der Waals surface area contributed by atoms with E-state index in [0.29, 0.717) is 6.20 Å². The summed E-state index contributed by atoms with van der Waals surface area (Å²) in [6.45, 7) is 0. The van der Waals surface area contributed by atoms with Crippen molar-refractivity contribution in [3.8, 4) is 0 Å². The van der Waals surface area contributed by atoms with E-state index in [1.165, 1.54) is 0 Å². The minimum atomic E-state index is -4.59. The Bertz CT molecular complexity index is 580. The zero-order chi connectivity index (χ0) is 13.4. The Hall–Kier alpha value is -0.870. The van der Waals surface area contributed by atoms with Gasteiger partial charge in [-0.15, -0.1) is 0 Å². The average Bonchev–Trinajstić information content (AvgIpc) is 2.14. The second kappa shape index (κ2) is 4.78. The molecular formula is C6H2BrClF2N2O4S. The molecule has 0 unspecified atom stereocenters. The number of halogens is 4. The Morgan fingerprint density at radius 2 is 2.06 bits per heavy atom. The number of nitrogens with zero attached hydrogens (tertiary/aromatic N) is 2. The van der Waals surface area contributed by atoms with Crippen molar-refractivity contribution in [3.05, 3.63) is 26.3 Å². The summed E-state index contributed by atoms with van der Waals surface area (Å²) in [5, 5.41) is 9.43. The molecule has 0 aliphatic carbocycles. The molecule has 0 saturated heterocycles. The summed E-state index contributed by atoms with van der Waals surface area (Å²) in [5.74, 6) is 0. The van der Waals surface area contributed by atoms with E-state index >= 15 is 0 Å². The van der Waals surface area contributed by atoms with Crippen molar-refractivity contribution >= 4 is 41.4 Å². The zero-order valence-electron chi connectivity index (χ0n) is 7.60. The van der Waals surface area contributed by atoms with Gasteiger partial charge in [-0.25, -0.2) is 22.2 Å². The van der Waals surface area contributed by atoms with Gasteiger partial charge in [0.05, 0.1) is 9.40 Å². The van der Waals surface area contributed by atoms with Crippen molar-refractivity contribution in [1.29, 1.82) is 0 Å². The third kappa shape index (κ3) is 2.87.